The fraction of sp³-hybridized carbons (Fsp3) is 0.188. The smallest absolute Gasteiger partial charge is 0.194 e. The second kappa shape index (κ2) is 5.75. The van der Waals surface area contributed by atoms with Gasteiger partial charge in [0, 0.05) is 0 Å². The predicted molar refractivity (Wildman–Crippen MR) is 79.4 cm³/mol. The molecule has 0 radical (unpaired) electrons. The van der Waals surface area contributed by atoms with E-state index in [0.717, 1.165) is 17.0 Å². The third-order valence-corrected chi connectivity index (χ3v) is 3.45. The van der Waals surface area contributed by atoms with Crippen LogP contribution in [0.3, 0.4) is 0 Å². The molecule has 21 heavy (non-hydrogen) atoms. The minimum atomic E-state index is 0.326. The highest BCUT2D eigenvalue weighted by Gasteiger charge is 2.10. The molecule has 0 unspecified atom stereocenters. The van der Waals surface area contributed by atoms with E-state index >= 15 is 0 Å². The number of ether oxygens (including phenoxy) is 1. The van der Waals surface area contributed by atoms with Gasteiger partial charge in [0.25, 0.3) is 0 Å². The van der Waals surface area contributed by atoms with Crippen molar-refractivity contribution in [3.63, 3.8) is 0 Å². The minimum absolute atomic E-state index is 0.326. The van der Waals surface area contributed by atoms with Gasteiger partial charge in [0.15, 0.2) is 5.82 Å². The summed E-state index contributed by atoms with van der Waals surface area (Å²) in [7, 11) is 0. The maximum Gasteiger partial charge on any atom is 0.194 e. The van der Waals surface area contributed by atoms with E-state index < -0.39 is 0 Å². The Kier molecular flexibility index (Phi) is 3.64. The van der Waals surface area contributed by atoms with Crippen LogP contribution in [0.1, 0.15) is 17.0 Å². The molecule has 3 aromatic rings. The van der Waals surface area contributed by atoms with E-state index in [2.05, 4.69) is 28.5 Å². The molecule has 0 spiro atoms. The van der Waals surface area contributed by atoms with Gasteiger partial charge in [-0.2, -0.15) is 4.68 Å². The molecule has 0 saturated heterocycles. The minimum Gasteiger partial charge on any atom is -0.485 e. The molecule has 0 N–H and O–H groups in total. The molecule has 0 amide bonds. The van der Waals surface area contributed by atoms with Crippen LogP contribution < -0.4 is 4.74 Å². The normalized spacial score (nSPS) is 10.6. The number of nitrogens with zero attached hydrogens (tertiary/aromatic N) is 4. The molecule has 0 aliphatic heterocycles. The van der Waals surface area contributed by atoms with E-state index in [1.807, 2.05) is 49.4 Å². The first kappa shape index (κ1) is 13.3. The molecule has 0 bridgehead atoms. The number of aromatic nitrogens is 4. The van der Waals surface area contributed by atoms with E-state index in [0.29, 0.717) is 12.4 Å². The summed E-state index contributed by atoms with van der Waals surface area (Å²) in [4.78, 5) is 0. The lowest BCUT2D eigenvalue weighted by atomic mass is 10.1. The van der Waals surface area contributed by atoms with Crippen molar-refractivity contribution >= 4 is 0 Å². The first-order valence-corrected chi connectivity index (χ1v) is 6.77. The zero-order valence-corrected chi connectivity index (χ0v) is 12.0. The second-order valence-electron chi connectivity index (χ2n) is 4.83. The summed E-state index contributed by atoms with van der Waals surface area (Å²) in [6, 6.07) is 15.8. The number of hydrogen-bond donors (Lipinski definition) is 0. The molecule has 0 aliphatic rings. The highest BCUT2D eigenvalue weighted by molar-refractivity contribution is 5.38. The van der Waals surface area contributed by atoms with E-state index in [1.54, 1.807) is 4.68 Å². The highest BCUT2D eigenvalue weighted by Crippen LogP contribution is 2.21. The van der Waals surface area contributed by atoms with Gasteiger partial charge in [-0.3, -0.25) is 0 Å². The van der Waals surface area contributed by atoms with Crippen molar-refractivity contribution in [2.75, 3.05) is 0 Å². The zero-order valence-electron chi connectivity index (χ0n) is 12.0. The van der Waals surface area contributed by atoms with Crippen molar-refractivity contribution in [2.45, 2.75) is 20.5 Å². The molecule has 3 rings (SSSR count). The van der Waals surface area contributed by atoms with Gasteiger partial charge in [0.05, 0.1) is 5.69 Å². The Bertz CT molecular complexity index is 737. The van der Waals surface area contributed by atoms with Gasteiger partial charge in [0.1, 0.15) is 12.4 Å². The lowest BCUT2D eigenvalue weighted by Crippen LogP contribution is -2.07. The molecular formula is C16H16N4O. The van der Waals surface area contributed by atoms with Crippen molar-refractivity contribution < 1.29 is 4.74 Å². The average Bonchev–Trinajstić information content (AvgIpc) is 2.98. The molecular weight excluding hydrogens is 264 g/mol. The fourth-order valence-corrected chi connectivity index (χ4v) is 2.09. The van der Waals surface area contributed by atoms with E-state index in [4.69, 9.17) is 4.74 Å². The van der Waals surface area contributed by atoms with Crippen molar-refractivity contribution in [3.05, 3.63) is 65.5 Å². The standard InChI is InChI=1S/C16H16N4O/c1-12-7-6-10-15(13(12)2)21-11-16-17-18-19-20(16)14-8-4-3-5-9-14/h3-10H,11H2,1-2H3. The van der Waals surface area contributed by atoms with Crippen LogP contribution in [-0.4, -0.2) is 20.2 Å². The number of benzene rings is 2. The number of hydrogen-bond acceptors (Lipinski definition) is 4. The highest BCUT2D eigenvalue weighted by atomic mass is 16.5. The van der Waals surface area contributed by atoms with Gasteiger partial charge >= 0.3 is 0 Å². The number of rotatable bonds is 4. The SMILES string of the molecule is Cc1cccc(OCc2nnnn2-c2ccccc2)c1C. The second-order valence-corrected chi connectivity index (χ2v) is 4.83. The summed E-state index contributed by atoms with van der Waals surface area (Å²) in [6.07, 6.45) is 0. The molecule has 106 valence electrons. The first-order valence-electron chi connectivity index (χ1n) is 6.77. The predicted octanol–water partition coefficient (Wildman–Crippen LogP) is 2.86. The molecule has 0 aliphatic carbocycles. The molecule has 0 saturated carbocycles. The Labute approximate surface area is 123 Å². The molecule has 1 aromatic heterocycles. The van der Waals surface area contributed by atoms with Crippen LogP contribution >= 0.6 is 0 Å². The summed E-state index contributed by atoms with van der Waals surface area (Å²) in [5.41, 5.74) is 3.26. The van der Waals surface area contributed by atoms with E-state index in [1.165, 1.54) is 5.56 Å². The number of tetrazole rings is 1. The van der Waals surface area contributed by atoms with Crippen LogP contribution in [0, 0.1) is 13.8 Å². The number of para-hydroxylation sites is 1. The monoisotopic (exact) mass is 280 g/mol. The van der Waals surface area contributed by atoms with Gasteiger partial charge in [-0.1, -0.05) is 30.3 Å². The third-order valence-electron chi connectivity index (χ3n) is 3.45. The Morgan fingerprint density at radius 1 is 1.00 bits per heavy atom. The van der Waals surface area contributed by atoms with Crippen molar-refractivity contribution in [3.8, 4) is 11.4 Å². The molecule has 5 nitrogen and oxygen atoms in total. The maximum atomic E-state index is 5.86. The summed E-state index contributed by atoms with van der Waals surface area (Å²) in [5, 5.41) is 11.8. The summed E-state index contributed by atoms with van der Waals surface area (Å²) in [6.45, 7) is 4.44. The van der Waals surface area contributed by atoms with Crippen LogP contribution in [0.5, 0.6) is 5.75 Å². The van der Waals surface area contributed by atoms with Gasteiger partial charge in [-0.15, -0.1) is 5.10 Å². The maximum absolute atomic E-state index is 5.86. The van der Waals surface area contributed by atoms with Crippen LogP contribution in [0.15, 0.2) is 48.5 Å². The molecule has 5 heteroatoms. The van der Waals surface area contributed by atoms with Gasteiger partial charge < -0.3 is 4.74 Å². The van der Waals surface area contributed by atoms with Gasteiger partial charge in [-0.05, 0) is 53.6 Å². The summed E-state index contributed by atoms with van der Waals surface area (Å²) >= 11 is 0. The quantitative estimate of drug-likeness (QED) is 0.737. The van der Waals surface area contributed by atoms with Crippen molar-refractivity contribution in [1.82, 2.24) is 20.2 Å². The Morgan fingerprint density at radius 2 is 1.81 bits per heavy atom. The zero-order chi connectivity index (χ0) is 14.7. The van der Waals surface area contributed by atoms with Gasteiger partial charge in [-0.25, -0.2) is 0 Å². The molecule has 2 aromatic carbocycles. The fourth-order valence-electron chi connectivity index (χ4n) is 2.09. The van der Waals surface area contributed by atoms with Gasteiger partial charge in [0.2, 0.25) is 0 Å². The Balaban J connectivity index is 1.81. The van der Waals surface area contributed by atoms with E-state index in [-0.39, 0.29) is 0 Å². The van der Waals surface area contributed by atoms with Crippen LogP contribution in [-0.2, 0) is 6.61 Å². The molecule has 1 heterocycles. The van der Waals surface area contributed by atoms with Crippen LogP contribution in [0.2, 0.25) is 0 Å². The lowest BCUT2D eigenvalue weighted by molar-refractivity contribution is 0.290. The Morgan fingerprint density at radius 3 is 2.62 bits per heavy atom. The van der Waals surface area contributed by atoms with Crippen molar-refractivity contribution in [1.29, 1.82) is 0 Å². The molecule has 0 fully saturated rings. The molecule has 0 atom stereocenters. The average molecular weight is 280 g/mol. The topological polar surface area (TPSA) is 52.8 Å². The third kappa shape index (κ3) is 2.76. The van der Waals surface area contributed by atoms with Crippen molar-refractivity contribution in [2.24, 2.45) is 0 Å². The first-order chi connectivity index (χ1) is 10.3. The van der Waals surface area contributed by atoms with Crippen LogP contribution in [0.25, 0.3) is 5.69 Å². The number of aryl methyl sites for hydroxylation is 1. The Hall–Kier alpha value is -2.69. The largest absolute Gasteiger partial charge is 0.485 e. The lowest BCUT2D eigenvalue weighted by Gasteiger charge is -2.10. The summed E-state index contributed by atoms with van der Waals surface area (Å²) < 4.78 is 7.55. The van der Waals surface area contributed by atoms with Crippen LogP contribution in [0.4, 0.5) is 0 Å². The summed E-state index contributed by atoms with van der Waals surface area (Å²) in [5.74, 6) is 1.53. The van der Waals surface area contributed by atoms with E-state index in [9.17, 15) is 0 Å².